The number of rotatable bonds is 11. The summed E-state index contributed by atoms with van der Waals surface area (Å²) in [6.07, 6.45) is 0. The Bertz CT molecular complexity index is 1980. The van der Waals surface area contributed by atoms with Crippen LogP contribution in [0.2, 0.25) is 0 Å². The molecule has 0 spiro atoms. The summed E-state index contributed by atoms with van der Waals surface area (Å²) in [5.74, 6) is 1.40. The van der Waals surface area contributed by atoms with Gasteiger partial charge >= 0.3 is 0 Å². The van der Waals surface area contributed by atoms with Crippen LogP contribution in [0, 0.1) is 13.8 Å². The van der Waals surface area contributed by atoms with E-state index in [0.717, 1.165) is 39.7 Å². The van der Waals surface area contributed by atoms with E-state index in [2.05, 4.69) is 121 Å². The minimum Gasteiger partial charge on any atom is -0.328 e. The maximum Gasteiger partial charge on any atom is 0.264 e. The molecule has 0 bridgehead atoms. The summed E-state index contributed by atoms with van der Waals surface area (Å²) >= 11 is 0. The first-order chi connectivity index (χ1) is 23.9. The second-order valence-electron chi connectivity index (χ2n) is 12.2. The molecular formula is C44H42N4O. The van der Waals surface area contributed by atoms with Crippen LogP contribution >= 0.6 is 0 Å². The highest BCUT2D eigenvalue weighted by Crippen LogP contribution is 2.36. The summed E-state index contributed by atoms with van der Waals surface area (Å²) in [7, 11) is 4.12. The topological polar surface area (TPSA) is 30.0 Å². The summed E-state index contributed by atoms with van der Waals surface area (Å²) in [4.78, 5) is 23.6. The lowest BCUT2D eigenvalue weighted by molar-refractivity contribution is 0.0994. The van der Waals surface area contributed by atoms with Crippen molar-refractivity contribution in [1.82, 2.24) is 0 Å². The second kappa shape index (κ2) is 15.2. The molecule has 6 aromatic rings. The van der Waals surface area contributed by atoms with Crippen molar-refractivity contribution in [3.8, 4) is 0 Å². The smallest absolute Gasteiger partial charge is 0.264 e. The Balaban J connectivity index is 1.74. The van der Waals surface area contributed by atoms with E-state index in [-0.39, 0.29) is 5.91 Å². The fourth-order valence-electron chi connectivity index (χ4n) is 5.92. The molecule has 0 radical (unpaired) electrons. The Labute approximate surface area is 290 Å². The molecule has 0 atom stereocenters. The van der Waals surface area contributed by atoms with Gasteiger partial charge in [-0.25, -0.2) is 0 Å². The molecule has 0 fully saturated rings. The lowest BCUT2D eigenvalue weighted by Gasteiger charge is -2.41. The van der Waals surface area contributed by atoms with Crippen molar-refractivity contribution in [3.63, 3.8) is 0 Å². The van der Waals surface area contributed by atoms with Crippen LogP contribution in [0.25, 0.3) is 0 Å². The van der Waals surface area contributed by atoms with E-state index in [9.17, 15) is 0 Å². The zero-order valence-corrected chi connectivity index (χ0v) is 28.6. The molecule has 0 unspecified atom stereocenters. The van der Waals surface area contributed by atoms with E-state index in [1.165, 1.54) is 5.56 Å². The van der Waals surface area contributed by atoms with Gasteiger partial charge in [0.1, 0.15) is 0 Å². The van der Waals surface area contributed by atoms with Crippen LogP contribution in [0.15, 0.2) is 182 Å². The largest absolute Gasteiger partial charge is 0.328 e. The Morgan fingerprint density at radius 3 is 1.35 bits per heavy atom. The number of anilines is 4. The van der Waals surface area contributed by atoms with Crippen molar-refractivity contribution in [1.29, 1.82) is 0 Å². The third-order valence-corrected chi connectivity index (χ3v) is 8.64. The molecule has 0 aliphatic heterocycles. The van der Waals surface area contributed by atoms with Crippen LogP contribution in [0.4, 0.5) is 22.7 Å². The van der Waals surface area contributed by atoms with E-state index < -0.39 is 0 Å². The van der Waals surface area contributed by atoms with Crippen LogP contribution in [-0.2, 0) is 6.54 Å². The van der Waals surface area contributed by atoms with E-state index in [1.807, 2.05) is 96.9 Å². The van der Waals surface area contributed by atoms with Gasteiger partial charge in [-0.15, -0.1) is 0 Å². The number of hydrogen-bond acceptors (Lipinski definition) is 4. The summed E-state index contributed by atoms with van der Waals surface area (Å²) in [5.41, 5.74) is 7.71. The van der Waals surface area contributed by atoms with Crippen molar-refractivity contribution in [2.75, 3.05) is 33.7 Å². The summed E-state index contributed by atoms with van der Waals surface area (Å²) < 4.78 is 0. The van der Waals surface area contributed by atoms with Crippen LogP contribution in [0.3, 0.4) is 0 Å². The fourth-order valence-corrected chi connectivity index (χ4v) is 5.92. The molecule has 0 heterocycles. The summed E-state index contributed by atoms with van der Waals surface area (Å²) in [5, 5.41) is 0. The van der Waals surface area contributed by atoms with Crippen LogP contribution < -0.4 is 19.6 Å². The number of hydrogen-bond donors (Lipinski definition) is 0. The Kier molecular flexibility index (Phi) is 10.2. The fraction of sp³-hybridized carbons (Fsp3) is 0.114. The quantitative estimate of drug-likeness (QED) is 0.141. The highest BCUT2D eigenvalue weighted by Gasteiger charge is 2.33. The van der Waals surface area contributed by atoms with Gasteiger partial charge in [-0.3, -0.25) is 9.69 Å². The average molecular weight is 643 g/mol. The number of carbonyl (C=O) groups is 1. The van der Waals surface area contributed by atoms with Gasteiger partial charge in [0.25, 0.3) is 5.91 Å². The van der Waals surface area contributed by atoms with Gasteiger partial charge in [-0.1, -0.05) is 120 Å². The van der Waals surface area contributed by atoms with Crippen LogP contribution in [0.1, 0.15) is 27.0 Å². The number of benzene rings is 6. The van der Waals surface area contributed by atoms with Crippen molar-refractivity contribution >= 4 is 28.7 Å². The molecule has 5 heteroatoms. The number of nitrogens with zero attached hydrogens (tertiary/aromatic N) is 4. The highest BCUT2D eigenvalue weighted by atomic mass is 16.2. The van der Waals surface area contributed by atoms with Gasteiger partial charge in [0.2, 0.25) is 0 Å². The maximum atomic E-state index is 15.1. The lowest BCUT2D eigenvalue weighted by Crippen LogP contribution is -2.46. The Hall–Kier alpha value is -6.07. The van der Waals surface area contributed by atoms with E-state index >= 15 is 4.79 Å². The van der Waals surface area contributed by atoms with Gasteiger partial charge in [0.15, 0.2) is 11.6 Å². The number of para-hydroxylation sites is 2. The van der Waals surface area contributed by atoms with Gasteiger partial charge in [-0.05, 0) is 80.1 Å². The maximum absolute atomic E-state index is 15.1. The average Bonchev–Trinajstić information content (AvgIpc) is 3.16. The molecule has 6 rings (SSSR count). The zero-order valence-electron chi connectivity index (χ0n) is 28.6. The molecule has 49 heavy (non-hydrogen) atoms. The first kappa shape index (κ1) is 32.9. The standard InChI is InChI=1S/C44H42N4O/c1-34-25-29-40(30-26-34)47(33-36-17-9-5-10-18-36)42(45(3)38-21-13-7-14-22-38)43(46(4)39-23-15-8-16-24-39)48(41-31-27-35(2)28-32-41)44(49)37-19-11-6-12-20-37/h5-32H,33H2,1-4H3/b43-42-. The van der Waals surface area contributed by atoms with Crippen molar-refractivity contribution in [2.45, 2.75) is 20.4 Å². The molecule has 0 aliphatic rings. The minimum absolute atomic E-state index is 0.134. The van der Waals surface area contributed by atoms with Crippen molar-refractivity contribution in [2.24, 2.45) is 0 Å². The number of aryl methyl sites for hydroxylation is 2. The van der Waals surface area contributed by atoms with Crippen LogP contribution in [0.5, 0.6) is 0 Å². The SMILES string of the molecule is Cc1ccc(N(Cc2ccccc2)/C(=C(/N(C)c2ccccc2)N(C(=O)c2ccccc2)c2ccc(C)cc2)N(C)c2ccccc2)cc1. The van der Waals surface area contributed by atoms with Gasteiger partial charge < -0.3 is 14.7 Å². The Morgan fingerprint density at radius 2 is 0.857 bits per heavy atom. The van der Waals surface area contributed by atoms with E-state index in [1.54, 1.807) is 0 Å². The lowest BCUT2D eigenvalue weighted by atomic mass is 10.1. The predicted molar refractivity (Wildman–Crippen MR) is 205 cm³/mol. The third-order valence-electron chi connectivity index (χ3n) is 8.64. The third kappa shape index (κ3) is 7.58. The normalized spacial score (nSPS) is 11.3. The molecule has 0 saturated heterocycles. The predicted octanol–water partition coefficient (Wildman–Crippen LogP) is 10.1. The molecule has 1 amide bonds. The molecule has 6 aromatic carbocycles. The molecule has 5 nitrogen and oxygen atoms in total. The zero-order chi connectivity index (χ0) is 34.2. The van der Waals surface area contributed by atoms with E-state index in [4.69, 9.17) is 0 Å². The number of carbonyl (C=O) groups excluding carboxylic acids is 1. The minimum atomic E-state index is -0.134. The summed E-state index contributed by atoms with van der Waals surface area (Å²) in [6, 6.07) is 57.3. The Morgan fingerprint density at radius 1 is 0.449 bits per heavy atom. The van der Waals surface area contributed by atoms with Gasteiger partial charge in [-0.2, -0.15) is 0 Å². The first-order valence-electron chi connectivity index (χ1n) is 16.6. The molecule has 0 aromatic heterocycles. The van der Waals surface area contributed by atoms with Gasteiger partial charge in [0, 0.05) is 43.3 Å². The monoisotopic (exact) mass is 642 g/mol. The first-order valence-corrected chi connectivity index (χ1v) is 16.6. The van der Waals surface area contributed by atoms with Crippen molar-refractivity contribution < 1.29 is 4.79 Å². The molecule has 0 saturated carbocycles. The van der Waals surface area contributed by atoms with E-state index in [0.29, 0.717) is 17.9 Å². The second-order valence-corrected chi connectivity index (χ2v) is 12.2. The summed E-state index contributed by atoms with van der Waals surface area (Å²) in [6.45, 7) is 4.72. The molecule has 0 aliphatic carbocycles. The van der Waals surface area contributed by atoms with Gasteiger partial charge in [0.05, 0.1) is 5.69 Å². The highest BCUT2D eigenvalue weighted by molar-refractivity contribution is 6.09. The van der Waals surface area contributed by atoms with Crippen LogP contribution in [-0.4, -0.2) is 20.0 Å². The molecule has 0 N–H and O–H groups in total. The molecule has 244 valence electrons. The number of amides is 1. The van der Waals surface area contributed by atoms with Crippen molar-refractivity contribution in [3.05, 3.63) is 204 Å². The molecular weight excluding hydrogens is 601 g/mol.